The van der Waals surface area contributed by atoms with E-state index >= 15 is 0 Å². The summed E-state index contributed by atoms with van der Waals surface area (Å²) in [5.41, 5.74) is -1.19. The molecule has 0 saturated carbocycles. The topological polar surface area (TPSA) is 129 Å². The Labute approximate surface area is 65.2 Å². The van der Waals surface area contributed by atoms with Crippen LogP contribution in [0.15, 0.2) is 0 Å². The number of rotatable bonds is 1. The Morgan fingerprint density at radius 2 is 1.36 bits per heavy atom. The van der Waals surface area contributed by atoms with E-state index in [2.05, 4.69) is 0 Å². The fraction of sp³-hybridized carbons (Fsp3) is 1.00. The number of hydrogen-bond donors (Lipinski definition) is 4. The summed E-state index contributed by atoms with van der Waals surface area (Å²) in [6, 6.07) is 0. The highest BCUT2D eigenvalue weighted by Crippen LogP contribution is 1.73. The summed E-state index contributed by atoms with van der Waals surface area (Å²) < 4.78 is 50.6. The molecule has 0 fully saturated rings. The van der Waals surface area contributed by atoms with Gasteiger partial charge in [-0.05, 0) is 6.92 Å². The SMILES string of the molecule is CC(O)[SH](=O)=O.O=S(=O)(O)O. The molecule has 0 radical (unpaired) electrons. The number of thiol groups is 1. The Bertz CT molecular complexity index is 230. The summed E-state index contributed by atoms with van der Waals surface area (Å²) in [6.07, 6.45) is 0. The first kappa shape index (κ1) is 13.4. The zero-order valence-corrected chi connectivity index (χ0v) is 7.12. The predicted octanol–water partition coefficient (Wildman–Crippen LogP) is -1.72. The average molecular weight is 208 g/mol. The molecule has 9 heteroatoms. The third-order valence-corrected chi connectivity index (χ3v) is 0.915. The molecule has 1 atom stereocenters. The summed E-state index contributed by atoms with van der Waals surface area (Å²) in [7, 11) is -7.27. The normalized spacial score (nSPS) is 13.5. The third kappa shape index (κ3) is 41.4. The molecule has 0 aliphatic rings. The van der Waals surface area contributed by atoms with Crippen molar-refractivity contribution in [3.05, 3.63) is 0 Å². The average Bonchev–Trinajstić information content (AvgIpc) is 1.59. The van der Waals surface area contributed by atoms with Crippen LogP contribution < -0.4 is 0 Å². The van der Waals surface area contributed by atoms with Gasteiger partial charge in [0, 0.05) is 0 Å². The maximum Gasteiger partial charge on any atom is 0.394 e. The van der Waals surface area contributed by atoms with Crippen molar-refractivity contribution in [3.8, 4) is 0 Å². The van der Waals surface area contributed by atoms with Crippen LogP contribution in [0.25, 0.3) is 0 Å². The third-order valence-electron chi connectivity index (χ3n) is 0.305. The van der Waals surface area contributed by atoms with E-state index in [-0.39, 0.29) is 0 Å². The fourth-order valence-corrected chi connectivity index (χ4v) is 0. The number of aliphatic hydroxyl groups is 1. The molecule has 0 saturated heterocycles. The summed E-state index contributed by atoms with van der Waals surface area (Å²) >= 11 is 0. The molecule has 0 aromatic rings. The first-order valence-corrected chi connectivity index (χ1v) is 4.80. The lowest BCUT2D eigenvalue weighted by molar-refractivity contribution is 0.273. The molecule has 0 rings (SSSR count). The van der Waals surface area contributed by atoms with Crippen LogP contribution in [-0.2, 0) is 21.1 Å². The zero-order valence-electron chi connectivity index (χ0n) is 5.41. The molecule has 0 spiro atoms. The van der Waals surface area contributed by atoms with Crippen LogP contribution >= 0.6 is 0 Å². The Balaban J connectivity index is 0. The lowest BCUT2D eigenvalue weighted by Gasteiger charge is -1.83. The van der Waals surface area contributed by atoms with Gasteiger partial charge in [-0.1, -0.05) is 0 Å². The van der Waals surface area contributed by atoms with Gasteiger partial charge in [0.2, 0.25) is 0 Å². The van der Waals surface area contributed by atoms with E-state index in [0.29, 0.717) is 0 Å². The van der Waals surface area contributed by atoms with Crippen molar-refractivity contribution in [2.24, 2.45) is 0 Å². The van der Waals surface area contributed by atoms with Crippen molar-refractivity contribution in [1.82, 2.24) is 0 Å². The smallest absolute Gasteiger partial charge is 0.378 e. The summed E-state index contributed by atoms with van der Waals surface area (Å²) in [5, 5.41) is 8.03. The summed E-state index contributed by atoms with van der Waals surface area (Å²) in [6.45, 7) is 1.20. The maximum atomic E-state index is 9.49. The van der Waals surface area contributed by atoms with E-state index in [9.17, 15) is 8.42 Å². The van der Waals surface area contributed by atoms with Crippen LogP contribution in [0.3, 0.4) is 0 Å². The molecule has 0 bridgehead atoms. The first-order chi connectivity index (χ1) is 4.64. The van der Waals surface area contributed by atoms with Gasteiger partial charge in [0.15, 0.2) is 10.7 Å². The molecule has 0 amide bonds. The van der Waals surface area contributed by atoms with E-state index < -0.39 is 26.5 Å². The van der Waals surface area contributed by atoms with Gasteiger partial charge in [-0.3, -0.25) is 9.11 Å². The van der Waals surface area contributed by atoms with Gasteiger partial charge in [-0.15, -0.1) is 0 Å². The number of aliphatic hydroxyl groups excluding tert-OH is 1. The number of hydrogen-bond acceptors (Lipinski definition) is 5. The molecule has 3 N–H and O–H groups in total. The Morgan fingerprint density at radius 3 is 1.36 bits per heavy atom. The summed E-state index contributed by atoms with van der Waals surface area (Å²) in [5.74, 6) is 0. The molecule has 7 nitrogen and oxygen atoms in total. The second kappa shape index (κ2) is 5.43. The van der Waals surface area contributed by atoms with E-state index in [1.54, 1.807) is 0 Å². The van der Waals surface area contributed by atoms with Crippen LogP contribution in [-0.4, -0.2) is 36.5 Å². The van der Waals surface area contributed by atoms with Crippen LogP contribution in [0.1, 0.15) is 6.92 Å². The minimum absolute atomic E-state index is 1.19. The molecule has 0 aliphatic heterocycles. The van der Waals surface area contributed by atoms with E-state index in [1.807, 2.05) is 0 Å². The van der Waals surface area contributed by atoms with Crippen LogP contribution in [0.5, 0.6) is 0 Å². The fourth-order valence-electron chi connectivity index (χ4n) is 0. The van der Waals surface area contributed by atoms with Gasteiger partial charge in [0.25, 0.3) is 0 Å². The van der Waals surface area contributed by atoms with Crippen molar-refractivity contribution in [2.45, 2.75) is 12.4 Å². The molecule has 70 valence electrons. The van der Waals surface area contributed by atoms with Crippen molar-refractivity contribution >= 4 is 21.1 Å². The maximum absolute atomic E-state index is 9.49. The lowest BCUT2D eigenvalue weighted by Crippen LogP contribution is -1.99. The van der Waals surface area contributed by atoms with Crippen LogP contribution in [0.4, 0.5) is 0 Å². The predicted molar refractivity (Wildman–Crippen MR) is 36.2 cm³/mol. The summed E-state index contributed by atoms with van der Waals surface area (Å²) in [4.78, 5) is 0. The highest BCUT2D eigenvalue weighted by molar-refractivity contribution is 7.79. The quantitative estimate of drug-likeness (QED) is 0.298. The van der Waals surface area contributed by atoms with Crippen LogP contribution in [0, 0.1) is 0 Å². The minimum atomic E-state index is -4.67. The first-order valence-electron chi connectivity index (χ1n) is 2.16. The standard InChI is InChI=1S/C2H6O3S.H2O4S/c1-2(3)6(4)5;1-5(2,3)4/h2-3,6H,1H3;(H2,1,2,3,4). The molecule has 0 aromatic carbocycles. The largest absolute Gasteiger partial charge is 0.394 e. The molecule has 1 unspecified atom stereocenters. The lowest BCUT2D eigenvalue weighted by atomic mass is 10.9. The van der Waals surface area contributed by atoms with Crippen molar-refractivity contribution in [2.75, 3.05) is 0 Å². The van der Waals surface area contributed by atoms with Crippen molar-refractivity contribution in [1.29, 1.82) is 0 Å². The van der Waals surface area contributed by atoms with E-state index in [0.717, 1.165) is 0 Å². The molecular formula is C2H8O7S2. The van der Waals surface area contributed by atoms with Crippen LogP contribution in [0.2, 0.25) is 0 Å². The van der Waals surface area contributed by atoms with Crippen molar-refractivity contribution in [3.63, 3.8) is 0 Å². The van der Waals surface area contributed by atoms with Crippen molar-refractivity contribution < 1.29 is 31.0 Å². The molecule has 0 aromatic heterocycles. The Morgan fingerprint density at radius 1 is 1.27 bits per heavy atom. The molecule has 11 heavy (non-hydrogen) atoms. The van der Waals surface area contributed by atoms with Gasteiger partial charge in [0.05, 0.1) is 0 Å². The molecule has 0 heterocycles. The monoisotopic (exact) mass is 208 g/mol. The van der Waals surface area contributed by atoms with Gasteiger partial charge >= 0.3 is 10.4 Å². The van der Waals surface area contributed by atoms with Gasteiger partial charge in [-0.2, -0.15) is 8.42 Å². The zero-order chi connectivity index (χ0) is 9.65. The minimum Gasteiger partial charge on any atom is -0.378 e. The van der Waals surface area contributed by atoms with E-state index in [1.165, 1.54) is 6.92 Å². The highest BCUT2D eigenvalue weighted by atomic mass is 32.3. The second-order valence-electron chi connectivity index (χ2n) is 1.37. The molecule has 0 aliphatic carbocycles. The Hall–Kier alpha value is -0.220. The van der Waals surface area contributed by atoms with E-state index in [4.69, 9.17) is 22.6 Å². The molecular weight excluding hydrogens is 200 g/mol. The highest BCUT2D eigenvalue weighted by Gasteiger charge is 1.90. The van der Waals surface area contributed by atoms with Gasteiger partial charge in [-0.25, -0.2) is 8.42 Å². The Kier molecular flexibility index (Phi) is 6.61. The second-order valence-corrected chi connectivity index (χ2v) is 3.58. The van der Waals surface area contributed by atoms with Gasteiger partial charge in [0.1, 0.15) is 5.44 Å². The van der Waals surface area contributed by atoms with Gasteiger partial charge < -0.3 is 5.11 Å².